The molecule has 0 unspecified atom stereocenters. The van der Waals surface area contributed by atoms with E-state index in [0.29, 0.717) is 0 Å². The van der Waals surface area contributed by atoms with Gasteiger partial charge in [-0.3, -0.25) is 0 Å². The number of nitrogens with zero attached hydrogens (tertiary/aromatic N) is 2. The van der Waals surface area contributed by atoms with E-state index in [0.717, 1.165) is 11.4 Å². The third kappa shape index (κ3) is 4.66. The minimum Gasteiger partial charge on any atom is -0.310 e. The standard InChI is InChI=1S/C51H34N2/c1-33-20-21-37(34-12-4-2-5-13-34)32-51(33)52(40-14-6-3-7-15-40)41-24-22-35-28-45-46-29-36-23-25-42(27-39(36)31-48(46)47(45)30-38(35)26-41)53-49-18-10-8-16-43(49)44-17-9-11-19-50(44)53/h2-32H,1H3. The van der Waals surface area contributed by atoms with Crippen LogP contribution in [0.5, 0.6) is 0 Å². The second-order valence-electron chi connectivity index (χ2n) is 14.3. The van der Waals surface area contributed by atoms with Gasteiger partial charge in [0, 0.05) is 33.5 Å². The number of rotatable bonds is 5. The van der Waals surface area contributed by atoms with E-state index in [4.69, 9.17) is 0 Å². The lowest BCUT2D eigenvalue weighted by atomic mass is 9.78. The Balaban J connectivity index is 1.02. The van der Waals surface area contributed by atoms with Gasteiger partial charge >= 0.3 is 0 Å². The molecule has 0 saturated heterocycles. The molecule has 2 nitrogen and oxygen atoms in total. The monoisotopic (exact) mass is 674 g/mol. The maximum atomic E-state index is 2.40. The first-order valence-electron chi connectivity index (χ1n) is 18.3. The number of anilines is 3. The summed E-state index contributed by atoms with van der Waals surface area (Å²) in [4.78, 5) is 2.40. The van der Waals surface area contributed by atoms with Crippen LogP contribution in [0, 0.1) is 6.92 Å². The average Bonchev–Trinajstić information content (AvgIpc) is 3.55. The lowest BCUT2D eigenvalue weighted by molar-refractivity contribution is 1.19. The molecule has 0 fully saturated rings. The zero-order valence-electron chi connectivity index (χ0n) is 29.3. The fourth-order valence-electron chi connectivity index (χ4n) is 8.54. The fourth-order valence-corrected chi connectivity index (χ4v) is 8.54. The zero-order valence-corrected chi connectivity index (χ0v) is 29.3. The smallest absolute Gasteiger partial charge is 0.0541 e. The van der Waals surface area contributed by atoms with Crippen molar-refractivity contribution in [3.8, 4) is 39.1 Å². The Morgan fingerprint density at radius 2 is 0.925 bits per heavy atom. The summed E-state index contributed by atoms with van der Waals surface area (Å²) in [5.74, 6) is 0. The summed E-state index contributed by atoms with van der Waals surface area (Å²) >= 11 is 0. The Kier molecular flexibility index (Phi) is 6.50. The van der Waals surface area contributed by atoms with Crippen molar-refractivity contribution in [2.24, 2.45) is 0 Å². The van der Waals surface area contributed by atoms with Crippen LogP contribution in [0.3, 0.4) is 0 Å². The molecule has 11 rings (SSSR count). The van der Waals surface area contributed by atoms with Gasteiger partial charge in [-0.25, -0.2) is 0 Å². The average molecular weight is 675 g/mol. The third-order valence-electron chi connectivity index (χ3n) is 11.2. The SMILES string of the molecule is Cc1ccc(-c2ccccc2)cc1N(c1ccccc1)c1ccc2cc3c(cc2c1)-c1cc2cc(-n4c5ccccc5c5ccccc54)ccc2cc1-3. The van der Waals surface area contributed by atoms with Crippen molar-refractivity contribution in [3.05, 3.63) is 194 Å². The molecule has 0 N–H and O–H groups in total. The summed E-state index contributed by atoms with van der Waals surface area (Å²) < 4.78 is 2.40. The highest BCUT2D eigenvalue weighted by Crippen LogP contribution is 2.51. The van der Waals surface area contributed by atoms with Gasteiger partial charge in [-0.05, 0) is 146 Å². The maximum Gasteiger partial charge on any atom is 0.0541 e. The fraction of sp³-hybridized carbons (Fsp3) is 0.0196. The molecule has 0 atom stereocenters. The Labute approximate surface area is 308 Å². The van der Waals surface area contributed by atoms with E-state index in [2.05, 4.69) is 204 Å². The summed E-state index contributed by atoms with van der Waals surface area (Å²) in [6.07, 6.45) is 0. The van der Waals surface area contributed by atoms with Crippen LogP contribution in [0.25, 0.3) is 82.4 Å². The van der Waals surface area contributed by atoms with Crippen molar-refractivity contribution in [2.75, 3.05) is 4.90 Å². The molecule has 248 valence electrons. The van der Waals surface area contributed by atoms with Gasteiger partial charge in [0.2, 0.25) is 0 Å². The second-order valence-corrected chi connectivity index (χ2v) is 14.3. The van der Waals surface area contributed by atoms with Crippen LogP contribution in [0.1, 0.15) is 5.56 Å². The predicted octanol–water partition coefficient (Wildman–Crippen LogP) is 14.2. The lowest BCUT2D eigenvalue weighted by Gasteiger charge is -2.29. The van der Waals surface area contributed by atoms with E-state index in [1.807, 2.05) is 0 Å². The van der Waals surface area contributed by atoms with Crippen molar-refractivity contribution in [1.82, 2.24) is 4.57 Å². The largest absolute Gasteiger partial charge is 0.310 e. The van der Waals surface area contributed by atoms with Gasteiger partial charge < -0.3 is 9.47 Å². The van der Waals surface area contributed by atoms with Crippen LogP contribution in [0.2, 0.25) is 0 Å². The second kappa shape index (κ2) is 11.6. The first-order valence-corrected chi connectivity index (χ1v) is 18.3. The Bertz CT molecular complexity index is 3010. The first kappa shape index (κ1) is 29.8. The molecule has 1 aliphatic carbocycles. The molecular formula is C51H34N2. The number of hydrogen-bond donors (Lipinski definition) is 0. The summed E-state index contributed by atoms with van der Waals surface area (Å²) in [7, 11) is 0. The Morgan fingerprint density at radius 1 is 0.377 bits per heavy atom. The van der Waals surface area contributed by atoms with Gasteiger partial charge in [0.1, 0.15) is 0 Å². The predicted molar refractivity (Wildman–Crippen MR) is 225 cm³/mol. The zero-order chi connectivity index (χ0) is 35.0. The van der Waals surface area contributed by atoms with E-state index in [1.54, 1.807) is 0 Å². The number of benzene rings is 9. The maximum absolute atomic E-state index is 2.40. The molecule has 10 aromatic rings. The van der Waals surface area contributed by atoms with Gasteiger partial charge in [-0.1, -0.05) is 109 Å². The number of para-hydroxylation sites is 3. The van der Waals surface area contributed by atoms with Gasteiger partial charge in [-0.2, -0.15) is 0 Å². The molecule has 1 heterocycles. The highest BCUT2D eigenvalue weighted by Gasteiger charge is 2.25. The topological polar surface area (TPSA) is 8.17 Å². The van der Waals surface area contributed by atoms with Crippen molar-refractivity contribution in [1.29, 1.82) is 0 Å². The van der Waals surface area contributed by atoms with Crippen molar-refractivity contribution in [2.45, 2.75) is 6.92 Å². The van der Waals surface area contributed by atoms with Gasteiger partial charge in [-0.15, -0.1) is 0 Å². The molecular weight excluding hydrogens is 641 g/mol. The van der Waals surface area contributed by atoms with Crippen molar-refractivity contribution in [3.63, 3.8) is 0 Å². The molecule has 1 aromatic heterocycles. The molecule has 2 heteroatoms. The lowest BCUT2D eigenvalue weighted by Crippen LogP contribution is -2.11. The number of fused-ring (bicyclic) bond motifs is 9. The third-order valence-corrected chi connectivity index (χ3v) is 11.2. The first-order chi connectivity index (χ1) is 26.2. The Morgan fingerprint density at radius 3 is 1.58 bits per heavy atom. The van der Waals surface area contributed by atoms with Crippen LogP contribution in [0.4, 0.5) is 17.1 Å². The van der Waals surface area contributed by atoms with Crippen molar-refractivity contribution < 1.29 is 0 Å². The van der Waals surface area contributed by atoms with Crippen LogP contribution in [0.15, 0.2) is 188 Å². The van der Waals surface area contributed by atoms with Crippen LogP contribution < -0.4 is 4.90 Å². The van der Waals surface area contributed by atoms with E-state index in [-0.39, 0.29) is 0 Å². The highest BCUT2D eigenvalue weighted by atomic mass is 15.1. The molecule has 1 aliphatic rings. The quantitative estimate of drug-likeness (QED) is 0.176. The van der Waals surface area contributed by atoms with Crippen LogP contribution >= 0.6 is 0 Å². The molecule has 0 aliphatic heterocycles. The van der Waals surface area contributed by atoms with E-state index < -0.39 is 0 Å². The summed E-state index contributed by atoms with van der Waals surface area (Å²) in [6.45, 7) is 2.21. The Hall–Kier alpha value is -6.90. The van der Waals surface area contributed by atoms with Gasteiger partial charge in [0.05, 0.1) is 11.0 Å². The minimum atomic E-state index is 1.14. The summed E-state index contributed by atoms with van der Waals surface area (Å²) in [6, 6.07) is 69.0. The molecule has 0 bridgehead atoms. The molecule has 53 heavy (non-hydrogen) atoms. The normalized spacial score (nSPS) is 11.9. The highest BCUT2D eigenvalue weighted by molar-refractivity contribution is 6.13. The van der Waals surface area contributed by atoms with Gasteiger partial charge in [0.25, 0.3) is 0 Å². The van der Waals surface area contributed by atoms with Crippen LogP contribution in [-0.2, 0) is 0 Å². The minimum absolute atomic E-state index is 1.14. The van der Waals surface area contributed by atoms with E-state index >= 15 is 0 Å². The van der Waals surface area contributed by atoms with Crippen LogP contribution in [-0.4, -0.2) is 4.57 Å². The molecule has 0 saturated carbocycles. The van der Waals surface area contributed by atoms with Gasteiger partial charge in [0.15, 0.2) is 0 Å². The number of aryl methyl sites for hydroxylation is 1. The number of hydrogen-bond acceptors (Lipinski definition) is 1. The van der Waals surface area contributed by atoms with E-state index in [9.17, 15) is 0 Å². The molecule has 0 spiro atoms. The van der Waals surface area contributed by atoms with E-state index in [1.165, 1.54) is 93.7 Å². The summed E-state index contributed by atoms with van der Waals surface area (Å²) in [5.41, 5.74) is 16.1. The molecule has 9 aromatic carbocycles. The summed E-state index contributed by atoms with van der Waals surface area (Å²) in [5, 5.41) is 7.58. The number of aromatic nitrogens is 1. The van der Waals surface area contributed by atoms with Crippen molar-refractivity contribution >= 4 is 60.4 Å². The molecule has 0 amide bonds. The molecule has 0 radical (unpaired) electrons.